The van der Waals surface area contributed by atoms with Crippen molar-refractivity contribution in [3.8, 4) is 0 Å². The normalized spacial score (nSPS) is 15.5. The molecule has 1 aliphatic rings. The summed E-state index contributed by atoms with van der Waals surface area (Å²) in [7, 11) is 0. The number of hydrogen-bond acceptors (Lipinski definition) is 4. The van der Waals surface area contributed by atoms with Crippen LogP contribution in [0.2, 0.25) is 5.15 Å². The van der Waals surface area contributed by atoms with E-state index in [9.17, 15) is 9.59 Å². The van der Waals surface area contributed by atoms with Gasteiger partial charge in [-0.15, -0.1) is 0 Å². The number of halogens is 1. The molecule has 1 aliphatic heterocycles. The van der Waals surface area contributed by atoms with Crippen molar-refractivity contribution in [2.24, 2.45) is 0 Å². The van der Waals surface area contributed by atoms with Crippen LogP contribution >= 0.6 is 11.6 Å². The van der Waals surface area contributed by atoms with E-state index in [0.717, 1.165) is 25.0 Å². The second kappa shape index (κ2) is 9.97. The average molecular weight is 453 g/mol. The maximum Gasteiger partial charge on any atom is 0.260 e. The molecule has 2 aromatic carbocycles. The predicted octanol–water partition coefficient (Wildman–Crippen LogP) is 4.05. The first-order chi connectivity index (χ1) is 15.5. The summed E-state index contributed by atoms with van der Waals surface area (Å²) in [6.07, 6.45) is 1.98. The lowest BCUT2D eigenvalue weighted by molar-refractivity contribution is 0.0858. The average Bonchev–Trinajstić information content (AvgIpc) is 3.41. The van der Waals surface area contributed by atoms with Crippen LogP contribution in [0.5, 0.6) is 0 Å². The summed E-state index contributed by atoms with van der Waals surface area (Å²) >= 11 is 6.51. The lowest BCUT2D eigenvalue weighted by Crippen LogP contribution is -2.32. The molecule has 4 rings (SSSR count). The lowest BCUT2D eigenvalue weighted by Gasteiger charge is -2.14. The first-order valence-electron chi connectivity index (χ1n) is 10.6. The monoisotopic (exact) mass is 452 g/mol. The van der Waals surface area contributed by atoms with E-state index in [1.54, 1.807) is 35.9 Å². The SMILES string of the molecule is Cc1nn(Cc2ccccc2)c(Cl)c1C(=O)Nc1ccccc1C(=O)NC[C@H]1CCCO1. The van der Waals surface area contributed by atoms with Gasteiger partial charge in [-0.05, 0) is 37.5 Å². The lowest BCUT2D eigenvalue weighted by atomic mass is 10.1. The fraction of sp³-hybridized carbons (Fsp3) is 0.292. The van der Waals surface area contributed by atoms with E-state index in [-0.39, 0.29) is 22.7 Å². The van der Waals surface area contributed by atoms with Gasteiger partial charge in [-0.1, -0.05) is 54.1 Å². The first kappa shape index (κ1) is 22.0. The number of aromatic nitrogens is 2. The molecule has 0 unspecified atom stereocenters. The Hall–Kier alpha value is -3.16. The van der Waals surface area contributed by atoms with Gasteiger partial charge in [0.25, 0.3) is 11.8 Å². The van der Waals surface area contributed by atoms with E-state index in [1.807, 2.05) is 30.3 Å². The number of nitrogens with zero attached hydrogens (tertiary/aromatic N) is 2. The Labute approximate surface area is 191 Å². The fourth-order valence-corrected chi connectivity index (χ4v) is 4.07. The molecule has 3 aromatic rings. The third-order valence-corrected chi connectivity index (χ3v) is 5.79. The minimum absolute atomic E-state index is 0.0395. The van der Waals surface area contributed by atoms with Crippen LogP contribution in [0, 0.1) is 6.92 Å². The number of carbonyl (C=O) groups is 2. The molecule has 1 aromatic heterocycles. The quantitative estimate of drug-likeness (QED) is 0.566. The molecule has 2 heterocycles. The first-order valence-corrected chi connectivity index (χ1v) is 11.0. The van der Waals surface area contributed by atoms with Gasteiger partial charge in [0.1, 0.15) is 5.15 Å². The van der Waals surface area contributed by atoms with Gasteiger partial charge < -0.3 is 15.4 Å². The van der Waals surface area contributed by atoms with E-state index in [2.05, 4.69) is 15.7 Å². The summed E-state index contributed by atoms with van der Waals surface area (Å²) < 4.78 is 7.15. The van der Waals surface area contributed by atoms with Crippen LogP contribution in [0.1, 0.15) is 44.8 Å². The van der Waals surface area contributed by atoms with Crippen molar-refractivity contribution in [3.05, 3.63) is 82.1 Å². The topological polar surface area (TPSA) is 85.2 Å². The molecule has 8 heteroatoms. The van der Waals surface area contributed by atoms with Gasteiger partial charge in [0.15, 0.2) is 0 Å². The number of rotatable bonds is 7. The van der Waals surface area contributed by atoms with Gasteiger partial charge in [-0.3, -0.25) is 9.59 Å². The Bertz CT molecular complexity index is 1110. The molecule has 0 saturated carbocycles. The van der Waals surface area contributed by atoms with Crippen LogP contribution in [0.15, 0.2) is 54.6 Å². The molecule has 166 valence electrons. The van der Waals surface area contributed by atoms with Crippen molar-refractivity contribution in [2.45, 2.75) is 32.4 Å². The van der Waals surface area contributed by atoms with Crippen LogP contribution in [0.4, 0.5) is 5.69 Å². The Morgan fingerprint density at radius 2 is 1.88 bits per heavy atom. The molecule has 32 heavy (non-hydrogen) atoms. The van der Waals surface area contributed by atoms with Gasteiger partial charge in [-0.25, -0.2) is 4.68 Å². The predicted molar refractivity (Wildman–Crippen MR) is 123 cm³/mol. The fourth-order valence-electron chi connectivity index (χ4n) is 3.75. The number of ether oxygens (including phenoxy) is 1. The maximum atomic E-state index is 13.1. The van der Waals surface area contributed by atoms with Gasteiger partial charge in [0.2, 0.25) is 0 Å². The molecule has 0 spiro atoms. The number of carbonyl (C=O) groups excluding carboxylic acids is 2. The van der Waals surface area contributed by atoms with Crippen molar-refractivity contribution in [1.29, 1.82) is 0 Å². The second-order valence-electron chi connectivity index (χ2n) is 7.74. The largest absolute Gasteiger partial charge is 0.376 e. The second-order valence-corrected chi connectivity index (χ2v) is 8.10. The zero-order chi connectivity index (χ0) is 22.5. The molecule has 0 aliphatic carbocycles. The van der Waals surface area contributed by atoms with Crippen molar-refractivity contribution >= 4 is 29.1 Å². The van der Waals surface area contributed by atoms with Gasteiger partial charge in [-0.2, -0.15) is 5.10 Å². The Morgan fingerprint density at radius 3 is 2.62 bits per heavy atom. The molecule has 0 bridgehead atoms. The van der Waals surface area contributed by atoms with Crippen LogP contribution in [0.3, 0.4) is 0 Å². The molecule has 2 N–H and O–H groups in total. The Balaban J connectivity index is 1.49. The summed E-state index contributed by atoms with van der Waals surface area (Å²) in [6.45, 7) is 3.36. The summed E-state index contributed by atoms with van der Waals surface area (Å²) in [6, 6.07) is 16.6. The molecule has 7 nitrogen and oxygen atoms in total. The minimum atomic E-state index is -0.411. The standard InChI is InChI=1S/C24H25ClN4O3/c1-16-21(22(25)29(28-16)15-17-8-3-2-4-9-17)24(31)27-20-12-6-5-11-19(20)23(30)26-14-18-10-7-13-32-18/h2-6,8-9,11-12,18H,7,10,13-15H2,1H3,(H,26,30)(H,27,31)/t18-/m1/s1. The molecular formula is C24H25ClN4O3. The van der Waals surface area contributed by atoms with Crippen molar-refractivity contribution < 1.29 is 14.3 Å². The summed E-state index contributed by atoms with van der Waals surface area (Å²) in [5.74, 6) is -0.676. The van der Waals surface area contributed by atoms with Crippen molar-refractivity contribution in [3.63, 3.8) is 0 Å². The summed E-state index contributed by atoms with van der Waals surface area (Å²) in [5, 5.41) is 10.4. The van der Waals surface area contributed by atoms with Crippen molar-refractivity contribution in [1.82, 2.24) is 15.1 Å². The number of nitrogens with one attached hydrogen (secondary N) is 2. The van der Waals surface area contributed by atoms with Gasteiger partial charge >= 0.3 is 0 Å². The minimum Gasteiger partial charge on any atom is -0.376 e. The third-order valence-electron chi connectivity index (χ3n) is 5.40. The number of aryl methyl sites for hydroxylation is 1. The number of benzene rings is 2. The highest BCUT2D eigenvalue weighted by Gasteiger charge is 2.23. The maximum absolute atomic E-state index is 13.1. The van der Waals surface area contributed by atoms with E-state index in [0.29, 0.717) is 30.0 Å². The Kier molecular flexibility index (Phi) is 6.87. The molecule has 1 saturated heterocycles. The molecular weight excluding hydrogens is 428 g/mol. The van der Waals surface area contributed by atoms with Gasteiger partial charge in [0, 0.05) is 13.2 Å². The highest BCUT2D eigenvalue weighted by atomic mass is 35.5. The number of amides is 2. The molecule has 1 fully saturated rings. The zero-order valence-corrected chi connectivity index (χ0v) is 18.6. The Morgan fingerprint density at radius 1 is 1.12 bits per heavy atom. The van der Waals surface area contributed by atoms with E-state index >= 15 is 0 Å². The molecule has 0 radical (unpaired) electrons. The highest BCUT2D eigenvalue weighted by molar-refractivity contribution is 6.33. The molecule has 1 atom stereocenters. The van der Waals surface area contributed by atoms with Gasteiger partial charge in [0.05, 0.1) is 35.2 Å². The smallest absolute Gasteiger partial charge is 0.260 e. The number of hydrogen-bond donors (Lipinski definition) is 2. The van der Waals surface area contributed by atoms with Crippen LogP contribution in [-0.2, 0) is 11.3 Å². The third kappa shape index (κ3) is 5.00. The molecule has 2 amide bonds. The highest BCUT2D eigenvalue weighted by Crippen LogP contribution is 2.24. The zero-order valence-electron chi connectivity index (χ0n) is 17.8. The van der Waals surface area contributed by atoms with E-state index < -0.39 is 5.91 Å². The summed E-state index contributed by atoms with van der Waals surface area (Å²) in [4.78, 5) is 25.8. The van der Waals surface area contributed by atoms with Crippen LogP contribution < -0.4 is 10.6 Å². The van der Waals surface area contributed by atoms with E-state index in [4.69, 9.17) is 16.3 Å². The van der Waals surface area contributed by atoms with Crippen LogP contribution in [0.25, 0.3) is 0 Å². The summed E-state index contributed by atoms with van der Waals surface area (Å²) in [5.41, 5.74) is 2.62. The number of para-hydroxylation sites is 1. The number of anilines is 1. The van der Waals surface area contributed by atoms with Crippen LogP contribution in [-0.4, -0.2) is 40.9 Å². The van der Waals surface area contributed by atoms with Crippen molar-refractivity contribution in [2.75, 3.05) is 18.5 Å². The van der Waals surface area contributed by atoms with E-state index in [1.165, 1.54) is 0 Å².